The molecule has 0 radical (unpaired) electrons. The summed E-state index contributed by atoms with van der Waals surface area (Å²) in [4.78, 5) is 24.4. The minimum absolute atomic E-state index is 0.00440. The van der Waals surface area contributed by atoms with E-state index in [2.05, 4.69) is 0 Å². The Bertz CT molecular complexity index is 643. The third-order valence-electron chi connectivity index (χ3n) is 3.44. The second kappa shape index (κ2) is 5.29. The summed E-state index contributed by atoms with van der Waals surface area (Å²) >= 11 is 0.983. The number of rotatable bonds is 4. The van der Waals surface area contributed by atoms with Crippen LogP contribution in [0.1, 0.15) is 43.5 Å². The van der Waals surface area contributed by atoms with E-state index in [1.807, 2.05) is 0 Å². The third-order valence-corrected chi connectivity index (χ3v) is 7.34. The van der Waals surface area contributed by atoms with Gasteiger partial charge in [0.1, 0.15) is 4.21 Å². The predicted molar refractivity (Wildman–Crippen MR) is 74.7 cm³/mol. The topological polar surface area (TPSA) is 77.5 Å². The Balaban J connectivity index is 2.65. The van der Waals surface area contributed by atoms with Crippen LogP contribution >= 0.6 is 11.3 Å². The maximum absolute atomic E-state index is 12.8. The van der Waals surface area contributed by atoms with Crippen LogP contribution in [0.3, 0.4) is 0 Å². The van der Waals surface area contributed by atoms with Crippen molar-refractivity contribution in [2.24, 2.45) is 0 Å². The molecule has 0 spiro atoms. The van der Waals surface area contributed by atoms with Gasteiger partial charge in [-0.05, 0) is 24.8 Å². The highest BCUT2D eigenvalue weighted by Gasteiger charge is 2.57. The summed E-state index contributed by atoms with van der Waals surface area (Å²) in [7, 11) is -3.89. The lowest BCUT2D eigenvalue weighted by atomic mass is 9.93. The van der Waals surface area contributed by atoms with Gasteiger partial charge in [-0.25, -0.2) is 8.42 Å². The van der Waals surface area contributed by atoms with E-state index in [-0.39, 0.29) is 35.0 Å². The van der Waals surface area contributed by atoms with E-state index in [0.29, 0.717) is 6.42 Å². The summed E-state index contributed by atoms with van der Waals surface area (Å²) in [5, 5.41) is 1.56. The number of Topliss-reactive ketones (excluding diaryl/α,β-unsaturated/α-hetero) is 1. The molecule has 1 atom stereocenters. The van der Waals surface area contributed by atoms with Gasteiger partial charge in [-0.2, -0.15) is 0 Å². The van der Waals surface area contributed by atoms with Gasteiger partial charge in [0.25, 0.3) is 0 Å². The number of hydrogen-bond acceptors (Lipinski definition) is 6. The van der Waals surface area contributed by atoms with Crippen LogP contribution in [0.15, 0.2) is 15.7 Å². The van der Waals surface area contributed by atoms with Crippen LogP contribution < -0.4 is 0 Å². The van der Waals surface area contributed by atoms with Crippen LogP contribution in [0.2, 0.25) is 0 Å². The molecule has 0 bridgehead atoms. The molecule has 1 unspecified atom stereocenters. The van der Waals surface area contributed by atoms with E-state index in [9.17, 15) is 18.0 Å². The van der Waals surface area contributed by atoms with Gasteiger partial charge < -0.3 is 4.74 Å². The smallest absolute Gasteiger partial charge is 0.328 e. The first kappa shape index (κ1) is 15.2. The minimum atomic E-state index is -3.89. The summed E-state index contributed by atoms with van der Waals surface area (Å²) in [6, 6.07) is 1.50. The van der Waals surface area contributed by atoms with Crippen molar-refractivity contribution in [1.82, 2.24) is 0 Å². The highest BCUT2D eigenvalue weighted by molar-refractivity contribution is 7.95. The molecule has 0 saturated carbocycles. The molecule has 1 aliphatic rings. The lowest BCUT2D eigenvalue weighted by Crippen LogP contribution is -2.51. The van der Waals surface area contributed by atoms with Crippen molar-refractivity contribution in [1.29, 1.82) is 0 Å². The van der Waals surface area contributed by atoms with Crippen LogP contribution in [0.5, 0.6) is 0 Å². The second-order valence-electron chi connectivity index (χ2n) is 4.69. The number of thiophene rings is 1. The molecule has 1 aliphatic heterocycles. The molecule has 2 rings (SSSR count). The average molecular weight is 316 g/mol. The summed E-state index contributed by atoms with van der Waals surface area (Å²) in [5.74, 6) is -1.12. The molecule has 110 valence electrons. The molecule has 0 fully saturated rings. The molecule has 0 aromatic carbocycles. The zero-order valence-electron chi connectivity index (χ0n) is 11.3. The fourth-order valence-electron chi connectivity index (χ4n) is 2.51. The Morgan fingerprint density at radius 2 is 2.15 bits per heavy atom. The first-order valence-electron chi connectivity index (χ1n) is 6.43. The van der Waals surface area contributed by atoms with E-state index in [0.717, 1.165) is 11.3 Å². The zero-order chi connectivity index (χ0) is 15.0. The lowest BCUT2D eigenvalue weighted by molar-refractivity contribution is -0.146. The molecule has 20 heavy (non-hydrogen) atoms. The monoisotopic (exact) mass is 316 g/mol. The molecule has 7 heteroatoms. The van der Waals surface area contributed by atoms with E-state index in [1.54, 1.807) is 19.2 Å². The number of fused-ring (bicyclic) bond motifs is 1. The molecule has 0 saturated heterocycles. The van der Waals surface area contributed by atoms with Gasteiger partial charge in [0, 0.05) is 12.0 Å². The van der Waals surface area contributed by atoms with Crippen molar-refractivity contribution in [3.8, 4) is 0 Å². The Kier molecular flexibility index (Phi) is 4.02. The van der Waals surface area contributed by atoms with Gasteiger partial charge in [-0.3, -0.25) is 9.59 Å². The number of ether oxygens (including phenoxy) is 1. The van der Waals surface area contributed by atoms with Crippen molar-refractivity contribution in [3.05, 3.63) is 17.0 Å². The van der Waals surface area contributed by atoms with Crippen molar-refractivity contribution < 1.29 is 22.7 Å². The number of hydrogen-bond donors (Lipinski definition) is 0. The fraction of sp³-hybridized carbons (Fsp3) is 0.538. The Labute approximate surface area is 121 Å². The summed E-state index contributed by atoms with van der Waals surface area (Å²) in [6.07, 6.45) is 0.245. The number of esters is 1. The van der Waals surface area contributed by atoms with Crippen molar-refractivity contribution in [2.75, 3.05) is 6.61 Å². The molecule has 0 aliphatic carbocycles. The molecule has 1 aromatic heterocycles. The molecule has 2 heterocycles. The number of ketones is 1. The molecular weight excluding hydrogens is 300 g/mol. The predicted octanol–water partition coefficient (Wildman–Crippen LogP) is 2.21. The summed E-state index contributed by atoms with van der Waals surface area (Å²) in [6.45, 7) is 3.49. The van der Waals surface area contributed by atoms with Gasteiger partial charge in [-0.1, -0.05) is 13.3 Å². The Hall–Kier alpha value is -1.21. The Morgan fingerprint density at radius 3 is 2.75 bits per heavy atom. The van der Waals surface area contributed by atoms with E-state index in [1.165, 1.54) is 6.07 Å². The Morgan fingerprint density at radius 1 is 1.45 bits per heavy atom. The van der Waals surface area contributed by atoms with Gasteiger partial charge in [-0.15, -0.1) is 11.3 Å². The number of carbonyl (C=O) groups is 2. The normalized spacial score (nSPS) is 24.2. The lowest BCUT2D eigenvalue weighted by Gasteiger charge is -2.33. The molecule has 0 amide bonds. The van der Waals surface area contributed by atoms with E-state index < -0.39 is 20.6 Å². The van der Waals surface area contributed by atoms with Gasteiger partial charge in [0.15, 0.2) is 10.5 Å². The van der Waals surface area contributed by atoms with Crippen LogP contribution in [0.25, 0.3) is 0 Å². The maximum Gasteiger partial charge on any atom is 0.328 e. The van der Waals surface area contributed by atoms with E-state index >= 15 is 0 Å². The first-order valence-corrected chi connectivity index (χ1v) is 8.79. The summed E-state index contributed by atoms with van der Waals surface area (Å²) in [5.41, 5.74) is 0.200. The molecule has 5 nitrogen and oxygen atoms in total. The second-order valence-corrected chi connectivity index (χ2v) is 8.06. The third kappa shape index (κ3) is 2.00. The largest absolute Gasteiger partial charge is 0.465 e. The van der Waals surface area contributed by atoms with Crippen molar-refractivity contribution >= 4 is 32.9 Å². The molecule has 1 aromatic rings. The van der Waals surface area contributed by atoms with Crippen LogP contribution in [0.4, 0.5) is 0 Å². The SMILES string of the molecule is CCCC1(C(=O)OCC)CC(=O)c2ccsc2S1(=O)=O. The maximum atomic E-state index is 12.8. The zero-order valence-corrected chi connectivity index (χ0v) is 13.0. The quantitative estimate of drug-likeness (QED) is 0.796. The van der Waals surface area contributed by atoms with Gasteiger partial charge in [0.05, 0.1) is 6.61 Å². The van der Waals surface area contributed by atoms with Gasteiger partial charge >= 0.3 is 5.97 Å². The van der Waals surface area contributed by atoms with Gasteiger partial charge in [0.2, 0.25) is 9.84 Å². The fourth-order valence-corrected chi connectivity index (χ4v) is 6.20. The highest BCUT2D eigenvalue weighted by atomic mass is 32.2. The van der Waals surface area contributed by atoms with Crippen LogP contribution in [-0.2, 0) is 19.4 Å². The number of carbonyl (C=O) groups excluding carboxylic acids is 2. The van der Waals surface area contributed by atoms with Crippen LogP contribution in [0, 0.1) is 0 Å². The molecule has 0 N–H and O–H groups in total. The van der Waals surface area contributed by atoms with Crippen LogP contribution in [-0.4, -0.2) is 31.5 Å². The average Bonchev–Trinajstić information content (AvgIpc) is 2.87. The van der Waals surface area contributed by atoms with Crippen molar-refractivity contribution in [3.63, 3.8) is 0 Å². The highest BCUT2D eigenvalue weighted by Crippen LogP contribution is 2.43. The molecular formula is C13H16O5S2. The summed E-state index contributed by atoms with van der Waals surface area (Å²) < 4.78 is 28.8. The number of sulfone groups is 1. The standard InChI is InChI=1S/C13H16O5S2/c1-3-6-13(12(15)18-4-2)8-10(14)9-5-7-19-11(9)20(13,16)17/h5,7H,3-4,6,8H2,1-2H3. The minimum Gasteiger partial charge on any atom is -0.465 e. The van der Waals surface area contributed by atoms with E-state index in [4.69, 9.17) is 4.74 Å². The first-order chi connectivity index (χ1) is 9.40. The van der Waals surface area contributed by atoms with Crippen molar-refractivity contribution in [2.45, 2.75) is 42.1 Å².